The molecule has 2 atom stereocenters. The third-order valence-corrected chi connectivity index (χ3v) is 3.24. The lowest BCUT2D eigenvalue weighted by molar-refractivity contribution is 0.1000. The van der Waals surface area contributed by atoms with Gasteiger partial charge in [0.05, 0.1) is 0 Å². The van der Waals surface area contributed by atoms with Crippen LogP contribution in [0.3, 0.4) is 0 Å². The van der Waals surface area contributed by atoms with Gasteiger partial charge < -0.3 is 16.4 Å². The molecule has 0 bridgehead atoms. The number of carbonyl (C=O) groups is 1. The summed E-state index contributed by atoms with van der Waals surface area (Å²) in [4.78, 5) is 17.6. The number of aromatic nitrogens is 1. The first-order chi connectivity index (χ1) is 8.08. The average molecular weight is 234 g/mol. The predicted molar refractivity (Wildman–Crippen MR) is 66.8 cm³/mol. The highest BCUT2D eigenvalue weighted by Crippen LogP contribution is 2.22. The van der Waals surface area contributed by atoms with E-state index >= 15 is 0 Å². The Bertz CT molecular complexity index is 421. The Kier molecular flexibility index (Phi) is 3.28. The van der Waals surface area contributed by atoms with Crippen LogP contribution in [0.4, 0.5) is 5.82 Å². The fourth-order valence-corrected chi connectivity index (χ4v) is 2.28. The van der Waals surface area contributed by atoms with Gasteiger partial charge in [0, 0.05) is 30.4 Å². The number of nitrogens with zero attached hydrogens (tertiary/aromatic N) is 2. The van der Waals surface area contributed by atoms with E-state index in [0.717, 1.165) is 25.2 Å². The topological polar surface area (TPSA) is 85.2 Å². The van der Waals surface area contributed by atoms with Crippen LogP contribution in [0.5, 0.6) is 0 Å². The van der Waals surface area contributed by atoms with Gasteiger partial charge in [-0.2, -0.15) is 0 Å². The highest BCUT2D eigenvalue weighted by Gasteiger charge is 2.24. The van der Waals surface area contributed by atoms with Gasteiger partial charge in [-0.1, -0.05) is 0 Å². The molecule has 0 aliphatic carbocycles. The minimum atomic E-state index is -0.421. The van der Waals surface area contributed by atoms with E-state index in [1.807, 2.05) is 0 Å². The van der Waals surface area contributed by atoms with Gasteiger partial charge in [0.2, 0.25) is 5.91 Å². The first-order valence-corrected chi connectivity index (χ1v) is 5.86. The molecular weight excluding hydrogens is 216 g/mol. The monoisotopic (exact) mass is 234 g/mol. The van der Waals surface area contributed by atoms with Crippen molar-refractivity contribution < 1.29 is 4.79 Å². The third-order valence-electron chi connectivity index (χ3n) is 3.24. The molecule has 0 aromatic carbocycles. The van der Waals surface area contributed by atoms with Gasteiger partial charge in [-0.3, -0.25) is 4.79 Å². The van der Waals surface area contributed by atoms with E-state index in [-0.39, 0.29) is 6.04 Å². The molecule has 1 fully saturated rings. The molecule has 0 saturated carbocycles. The summed E-state index contributed by atoms with van der Waals surface area (Å²) in [7, 11) is 0. The number of carbonyl (C=O) groups excluding carboxylic acids is 1. The van der Waals surface area contributed by atoms with Crippen molar-refractivity contribution in [3.8, 4) is 0 Å². The van der Waals surface area contributed by atoms with Crippen LogP contribution < -0.4 is 16.4 Å². The number of piperidine rings is 1. The van der Waals surface area contributed by atoms with Crippen molar-refractivity contribution in [1.29, 1.82) is 0 Å². The molecule has 1 aromatic heterocycles. The Morgan fingerprint density at radius 2 is 2.35 bits per heavy atom. The van der Waals surface area contributed by atoms with Crippen molar-refractivity contribution in [3.05, 3.63) is 23.9 Å². The highest BCUT2D eigenvalue weighted by molar-refractivity contribution is 5.93. The number of anilines is 1. The standard InChI is InChI=1S/C12H18N4O/c1-8-6-10(13)3-5-16(8)11-7-9(12(14)17)2-4-15-11/h2,4,7-8,10H,3,5-6,13H2,1H3,(H2,14,17). The van der Waals surface area contributed by atoms with E-state index in [4.69, 9.17) is 11.5 Å². The second-order valence-corrected chi connectivity index (χ2v) is 4.59. The number of nitrogens with two attached hydrogens (primary N) is 2. The van der Waals surface area contributed by atoms with E-state index in [1.54, 1.807) is 18.3 Å². The summed E-state index contributed by atoms with van der Waals surface area (Å²) in [6.07, 6.45) is 3.52. The number of rotatable bonds is 2. The van der Waals surface area contributed by atoms with Gasteiger partial charge in [-0.25, -0.2) is 4.98 Å². The van der Waals surface area contributed by atoms with E-state index in [2.05, 4.69) is 16.8 Å². The van der Waals surface area contributed by atoms with Crippen molar-refractivity contribution in [3.63, 3.8) is 0 Å². The summed E-state index contributed by atoms with van der Waals surface area (Å²) in [5.41, 5.74) is 11.7. The number of hydrogen-bond donors (Lipinski definition) is 2. The minimum absolute atomic E-state index is 0.264. The fraction of sp³-hybridized carbons (Fsp3) is 0.500. The van der Waals surface area contributed by atoms with E-state index in [1.165, 1.54) is 0 Å². The molecule has 4 N–H and O–H groups in total. The van der Waals surface area contributed by atoms with Crippen LogP contribution in [0.25, 0.3) is 0 Å². The summed E-state index contributed by atoms with van der Waals surface area (Å²) >= 11 is 0. The Labute approximate surface area is 101 Å². The minimum Gasteiger partial charge on any atom is -0.366 e. The average Bonchev–Trinajstić information content (AvgIpc) is 2.29. The van der Waals surface area contributed by atoms with Crippen LogP contribution in [0, 0.1) is 0 Å². The smallest absolute Gasteiger partial charge is 0.248 e. The van der Waals surface area contributed by atoms with Gasteiger partial charge in [-0.05, 0) is 31.9 Å². The third kappa shape index (κ3) is 2.55. The summed E-state index contributed by atoms with van der Waals surface area (Å²) < 4.78 is 0. The molecule has 5 heteroatoms. The van der Waals surface area contributed by atoms with Gasteiger partial charge >= 0.3 is 0 Å². The van der Waals surface area contributed by atoms with E-state index in [9.17, 15) is 4.79 Å². The maximum Gasteiger partial charge on any atom is 0.248 e. The first-order valence-electron chi connectivity index (χ1n) is 5.86. The predicted octanol–water partition coefficient (Wildman–Crippen LogP) is 0.496. The quantitative estimate of drug-likeness (QED) is 0.780. The molecule has 2 rings (SSSR count). The lowest BCUT2D eigenvalue weighted by atomic mass is 9.99. The summed E-state index contributed by atoms with van der Waals surface area (Å²) in [5.74, 6) is 0.385. The molecule has 1 amide bonds. The molecule has 1 aromatic rings. The summed E-state index contributed by atoms with van der Waals surface area (Å²) in [6, 6.07) is 3.98. The zero-order valence-corrected chi connectivity index (χ0v) is 9.97. The molecule has 5 nitrogen and oxygen atoms in total. The van der Waals surface area contributed by atoms with Crippen molar-refractivity contribution in [2.45, 2.75) is 31.8 Å². The zero-order valence-electron chi connectivity index (χ0n) is 9.97. The van der Waals surface area contributed by atoms with E-state index in [0.29, 0.717) is 11.6 Å². The maximum absolute atomic E-state index is 11.1. The number of amides is 1. The van der Waals surface area contributed by atoms with Gasteiger partial charge in [-0.15, -0.1) is 0 Å². The maximum atomic E-state index is 11.1. The molecule has 17 heavy (non-hydrogen) atoms. The molecule has 1 aliphatic rings. The van der Waals surface area contributed by atoms with Gasteiger partial charge in [0.25, 0.3) is 0 Å². The Balaban J connectivity index is 2.22. The zero-order chi connectivity index (χ0) is 12.4. The highest BCUT2D eigenvalue weighted by atomic mass is 16.1. The molecule has 0 spiro atoms. The van der Waals surface area contributed by atoms with Crippen LogP contribution in [-0.4, -0.2) is 29.5 Å². The molecule has 2 heterocycles. The van der Waals surface area contributed by atoms with E-state index < -0.39 is 5.91 Å². The lowest BCUT2D eigenvalue weighted by Gasteiger charge is -2.37. The molecule has 1 saturated heterocycles. The van der Waals surface area contributed by atoms with Gasteiger partial charge in [0.1, 0.15) is 5.82 Å². The van der Waals surface area contributed by atoms with Crippen molar-refractivity contribution in [1.82, 2.24) is 4.98 Å². The lowest BCUT2D eigenvalue weighted by Crippen LogP contribution is -2.46. The number of primary amides is 1. The number of pyridine rings is 1. The molecule has 1 aliphatic heterocycles. The fourth-order valence-electron chi connectivity index (χ4n) is 2.28. The van der Waals surface area contributed by atoms with Crippen LogP contribution in [0.1, 0.15) is 30.1 Å². The second-order valence-electron chi connectivity index (χ2n) is 4.59. The van der Waals surface area contributed by atoms with Crippen LogP contribution in [0.2, 0.25) is 0 Å². The van der Waals surface area contributed by atoms with Gasteiger partial charge in [0.15, 0.2) is 0 Å². The second kappa shape index (κ2) is 4.71. The largest absolute Gasteiger partial charge is 0.366 e. The Hall–Kier alpha value is -1.62. The molecule has 92 valence electrons. The molecular formula is C12H18N4O. The van der Waals surface area contributed by atoms with Crippen LogP contribution in [-0.2, 0) is 0 Å². The first kappa shape index (κ1) is 11.9. The normalized spacial score (nSPS) is 24.7. The van der Waals surface area contributed by atoms with Crippen LogP contribution >= 0.6 is 0 Å². The molecule has 0 radical (unpaired) electrons. The summed E-state index contributed by atoms with van der Waals surface area (Å²) in [5, 5.41) is 0. The van der Waals surface area contributed by atoms with Crippen molar-refractivity contribution in [2.75, 3.05) is 11.4 Å². The Morgan fingerprint density at radius 3 is 3.00 bits per heavy atom. The number of hydrogen-bond acceptors (Lipinski definition) is 4. The van der Waals surface area contributed by atoms with Crippen molar-refractivity contribution in [2.24, 2.45) is 11.5 Å². The SMILES string of the molecule is CC1CC(N)CCN1c1cc(C(N)=O)ccn1. The Morgan fingerprint density at radius 1 is 1.59 bits per heavy atom. The summed E-state index contributed by atoms with van der Waals surface area (Å²) in [6.45, 7) is 3.00. The van der Waals surface area contributed by atoms with Crippen LogP contribution in [0.15, 0.2) is 18.3 Å². The molecule has 2 unspecified atom stereocenters. The van der Waals surface area contributed by atoms with Crippen molar-refractivity contribution >= 4 is 11.7 Å².